The van der Waals surface area contributed by atoms with E-state index in [4.69, 9.17) is 14.2 Å². The van der Waals surface area contributed by atoms with Crippen molar-refractivity contribution in [1.29, 1.82) is 0 Å². The maximum atomic E-state index is 12.3. The highest BCUT2D eigenvalue weighted by molar-refractivity contribution is 5.96. The smallest absolute Gasteiger partial charge is 0.344 e. The minimum atomic E-state index is -1.11. The van der Waals surface area contributed by atoms with Crippen molar-refractivity contribution < 1.29 is 28.7 Å². The summed E-state index contributed by atoms with van der Waals surface area (Å²) in [4.78, 5) is 34.7. The molecule has 0 fully saturated rings. The number of methoxy groups -OCH3 is 1. The van der Waals surface area contributed by atoms with Crippen molar-refractivity contribution in [2.24, 2.45) is 0 Å². The Hall–Kier alpha value is -3.62. The molecule has 1 N–H and O–H groups in total. The summed E-state index contributed by atoms with van der Waals surface area (Å²) < 4.78 is 15.7. The third-order valence-electron chi connectivity index (χ3n) is 4.22. The molecule has 2 aromatic rings. The molecule has 1 atom stereocenters. The van der Waals surface area contributed by atoms with Crippen LogP contribution in [0.5, 0.6) is 11.5 Å². The minimum Gasteiger partial charge on any atom is -0.494 e. The second kappa shape index (κ2) is 10.2. The molecule has 0 aliphatic carbocycles. The van der Waals surface area contributed by atoms with Gasteiger partial charge < -0.3 is 19.5 Å². The van der Waals surface area contributed by atoms with Crippen LogP contribution in [0.25, 0.3) is 0 Å². The van der Waals surface area contributed by atoms with Crippen LogP contribution < -0.4 is 14.8 Å². The van der Waals surface area contributed by atoms with Crippen molar-refractivity contribution in [3.8, 4) is 11.5 Å². The van der Waals surface area contributed by atoms with Gasteiger partial charge in [-0.15, -0.1) is 0 Å². The summed E-state index contributed by atoms with van der Waals surface area (Å²) in [7, 11) is 1.32. The predicted octanol–water partition coefficient (Wildman–Crippen LogP) is 3.68. The van der Waals surface area contributed by atoms with Crippen LogP contribution in [-0.4, -0.2) is 36.6 Å². The van der Waals surface area contributed by atoms with Crippen LogP contribution in [0.3, 0.4) is 0 Å². The van der Waals surface area contributed by atoms with E-state index in [1.54, 1.807) is 12.1 Å². The van der Waals surface area contributed by atoms with Crippen molar-refractivity contribution in [2.75, 3.05) is 19.0 Å². The number of rotatable bonds is 9. The number of carbonyl (C=O) groups excluding carboxylic acids is 2. The van der Waals surface area contributed by atoms with Gasteiger partial charge in [-0.2, -0.15) is 0 Å². The van der Waals surface area contributed by atoms with Gasteiger partial charge in [-0.3, -0.25) is 14.9 Å². The SMILES string of the molecule is COc1cc([N+](=O)[O-])ccc1NC(=O)[C@H](C)OC(=O)COc1ccccc1C(C)C. The van der Waals surface area contributed by atoms with E-state index in [2.05, 4.69) is 5.32 Å². The van der Waals surface area contributed by atoms with E-state index in [9.17, 15) is 19.7 Å². The summed E-state index contributed by atoms with van der Waals surface area (Å²) in [5.41, 5.74) is 1.00. The molecule has 0 bridgehead atoms. The van der Waals surface area contributed by atoms with Crippen molar-refractivity contribution >= 4 is 23.3 Å². The van der Waals surface area contributed by atoms with Gasteiger partial charge >= 0.3 is 5.97 Å². The standard InChI is InChI=1S/C21H24N2O7/c1-13(2)16-7-5-6-8-18(16)29-12-20(24)30-14(3)21(25)22-17-10-9-15(23(26)27)11-19(17)28-4/h5-11,13-14H,12H2,1-4H3,(H,22,25)/t14-/m0/s1. The molecule has 9 heteroatoms. The number of nitrogens with zero attached hydrogens (tertiary/aromatic N) is 1. The zero-order valence-corrected chi connectivity index (χ0v) is 17.2. The molecule has 160 valence electrons. The molecule has 0 aromatic heterocycles. The van der Waals surface area contributed by atoms with E-state index in [0.29, 0.717) is 5.75 Å². The van der Waals surface area contributed by atoms with Gasteiger partial charge in [0, 0.05) is 6.07 Å². The number of benzene rings is 2. The number of hydrogen-bond acceptors (Lipinski definition) is 7. The molecular formula is C21H24N2O7. The van der Waals surface area contributed by atoms with Crippen molar-refractivity contribution in [3.63, 3.8) is 0 Å². The fourth-order valence-electron chi connectivity index (χ4n) is 2.64. The summed E-state index contributed by atoms with van der Waals surface area (Å²) in [6.45, 7) is 5.09. The second-order valence-corrected chi connectivity index (χ2v) is 6.74. The van der Waals surface area contributed by atoms with Crippen molar-refractivity contribution in [1.82, 2.24) is 0 Å². The number of para-hydroxylation sites is 1. The average Bonchev–Trinajstić information content (AvgIpc) is 2.72. The zero-order valence-electron chi connectivity index (χ0n) is 17.2. The Morgan fingerprint density at radius 2 is 1.80 bits per heavy atom. The third kappa shape index (κ3) is 5.94. The van der Waals surface area contributed by atoms with Crippen LogP contribution in [0.1, 0.15) is 32.3 Å². The second-order valence-electron chi connectivity index (χ2n) is 6.74. The normalized spacial score (nSPS) is 11.5. The van der Waals surface area contributed by atoms with Crippen molar-refractivity contribution in [2.45, 2.75) is 32.8 Å². The largest absolute Gasteiger partial charge is 0.494 e. The summed E-state index contributed by atoms with van der Waals surface area (Å²) in [5.74, 6) is -0.398. The third-order valence-corrected chi connectivity index (χ3v) is 4.22. The predicted molar refractivity (Wildman–Crippen MR) is 110 cm³/mol. The Labute approximate surface area is 174 Å². The molecule has 0 unspecified atom stereocenters. The number of esters is 1. The van der Waals surface area contributed by atoms with E-state index in [0.717, 1.165) is 5.56 Å². The molecule has 30 heavy (non-hydrogen) atoms. The lowest BCUT2D eigenvalue weighted by atomic mass is 10.0. The van der Waals surface area contributed by atoms with Crippen LogP contribution in [0.15, 0.2) is 42.5 Å². The first kappa shape index (κ1) is 22.7. The van der Waals surface area contributed by atoms with Gasteiger partial charge in [0.2, 0.25) is 0 Å². The Morgan fingerprint density at radius 3 is 2.43 bits per heavy atom. The Bertz CT molecular complexity index is 927. The van der Waals surface area contributed by atoms with Gasteiger partial charge in [0.05, 0.1) is 23.8 Å². The summed E-state index contributed by atoms with van der Waals surface area (Å²) in [6, 6.07) is 11.1. The monoisotopic (exact) mass is 416 g/mol. The molecule has 0 radical (unpaired) electrons. The van der Waals surface area contributed by atoms with E-state index < -0.39 is 22.9 Å². The molecule has 0 aliphatic heterocycles. The van der Waals surface area contributed by atoms with E-state index in [-0.39, 0.29) is 29.6 Å². The minimum absolute atomic E-state index is 0.115. The number of nitrogens with one attached hydrogen (secondary N) is 1. The van der Waals surface area contributed by atoms with Gasteiger partial charge in [0.15, 0.2) is 12.7 Å². The number of carbonyl (C=O) groups is 2. The number of nitro benzene ring substituents is 1. The number of ether oxygens (including phenoxy) is 3. The Kier molecular flexibility index (Phi) is 7.74. The maximum Gasteiger partial charge on any atom is 0.344 e. The highest BCUT2D eigenvalue weighted by atomic mass is 16.6. The van der Waals surface area contributed by atoms with E-state index in [1.165, 1.54) is 32.2 Å². The lowest BCUT2D eigenvalue weighted by molar-refractivity contribution is -0.384. The molecule has 1 amide bonds. The summed E-state index contributed by atoms with van der Waals surface area (Å²) >= 11 is 0. The fourth-order valence-corrected chi connectivity index (χ4v) is 2.64. The first-order valence-electron chi connectivity index (χ1n) is 9.27. The molecular weight excluding hydrogens is 392 g/mol. The molecule has 0 saturated heterocycles. The van der Waals surface area contributed by atoms with Gasteiger partial charge in [0.1, 0.15) is 11.5 Å². The Balaban J connectivity index is 1.94. The highest BCUT2D eigenvalue weighted by Gasteiger charge is 2.21. The van der Waals surface area contributed by atoms with Crippen molar-refractivity contribution in [3.05, 3.63) is 58.1 Å². The zero-order chi connectivity index (χ0) is 22.3. The Morgan fingerprint density at radius 1 is 1.10 bits per heavy atom. The molecule has 9 nitrogen and oxygen atoms in total. The molecule has 0 spiro atoms. The van der Waals surface area contributed by atoms with Crippen LogP contribution in [0, 0.1) is 10.1 Å². The number of anilines is 1. The van der Waals surface area contributed by atoms with Gasteiger partial charge in [-0.05, 0) is 30.5 Å². The van der Waals surface area contributed by atoms with E-state index >= 15 is 0 Å². The van der Waals surface area contributed by atoms with Gasteiger partial charge in [-0.1, -0.05) is 32.0 Å². The molecule has 2 rings (SSSR count). The van der Waals surface area contributed by atoms with Crippen LogP contribution in [-0.2, 0) is 14.3 Å². The van der Waals surface area contributed by atoms with E-state index in [1.807, 2.05) is 26.0 Å². The number of non-ortho nitro benzene ring substituents is 1. The van der Waals surface area contributed by atoms with Crippen LogP contribution in [0.4, 0.5) is 11.4 Å². The average molecular weight is 416 g/mol. The topological polar surface area (TPSA) is 117 Å². The molecule has 2 aromatic carbocycles. The number of nitro groups is 1. The summed E-state index contributed by atoms with van der Waals surface area (Å²) in [5, 5.41) is 13.4. The van der Waals surface area contributed by atoms with Crippen LogP contribution >= 0.6 is 0 Å². The molecule has 0 aliphatic rings. The first-order valence-corrected chi connectivity index (χ1v) is 9.27. The summed E-state index contributed by atoms with van der Waals surface area (Å²) in [6.07, 6.45) is -1.11. The lowest BCUT2D eigenvalue weighted by Crippen LogP contribution is -2.31. The lowest BCUT2D eigenvalue weighted by Gasteiger charge is -2.16. The number of amides is 1. The van der Waals surface area contributed by atoms with Gasteiger partial charge in [0.25, 0.3) is 11.6 Å². The fraction of sp³-hybridized carbons (Fsp3) is 0.333. The highest BCUT2D eigenvalue weighted by Crippen LogP contribution is 2.29. The number of hydrogen-bond donors (Lipinski definition) is 1. The maximum absolute atomic E-state index is 12.3. The molecule has 0 saturated carbocycles. The van der Waals surface area contributed by atoms with Gasteiger partial charge in [-0.25, -0.2) is 4.79 Å². The first-order chi connectivity index (χ1) is 14.2. The molecule has 0 heterocycles. The van der Waals surface area contributed by atoms with Crippen LogP contribution in [0.2, 0.25) is 0 Å². The quantitative estimate of drug-likeness (QED) is 0.376.